The number of halogens is 1. The lowest BCUT2D eigenvalue weighted by Gasteiger charge is -2.14. The van der Waals surface area contributed by atoms with Crippen LogP contribution in [0.2, 0.25) is 0 Å². The van der Waals surface area contributed by atoms with Crippen molar-refractivity contribution in [3.8, 4) is 11.5 Å². The Morgan fingerprint density at radius 1 is 1.25 bits per heavy atom. The summed E-state index contributed by atoms with van der Waals surface area (Å²) in [5.74, 6) is 1.60. The van der Waals surface area contributed by atoms with Crippen molar-refractivity contribution in [2.24, 2.45) is 0 Å². The molecule has 0 aromatic heterocycles. The van der Waals surface area contributed by atoms with E-state index in [9.17, 15) is 0 Å². The second kappa shape index (κ2) is 9.03. The number of benzene rings is 1. The van der Waals surface area contributed by atoms with Gasteiger partial charge in [-0.3, -0.25) is 0 Å². The van der Waals surface area contributed by atoms with Gasteiger partial charge in [0, 0.05) is 5.56 Å². The molecule has 1 N–H and O–H groups in total. The van der Waals surface area contributed by atoms with Gasteiger partial charge in [-0.1, -0.05) is 13.0 Å². The van der Waals surface area contributed by atoms with Crippen molar-refractivity contribution < 1.29 is 9.47 Å². The van der Waals surface area contributed by atoms with Crippen molar-refractivity contribution >= 4 is 21.5 Å². The highest BCUT2D eigenvalue weighted by Gasteiger charge is 2.13. The molecule has 3 nitrogen and oxygen atoms in total. The minimum absolute atomic E-state index is 0.781. The van der Waals surface area contributed by atoms with Crippen molar-refractivity contribution in [2.45, 2.75) is 26.7 Å². The first-order valence-electron chi connectivity index (χ1n) is 6.94. The largest absolute Gasteiger partial charge is 0.495 e. The van der Waals surface area contributed by atoms with Gasteiger partial charge in [0.15, 0.2) is 0 Å². The van der Waals surface area contributed by atoms with Gasteiger partial charge >= 0.3 is 0 Å². The number of hydrogen-bond acceptors (Lipinski definition) is 3. The van der Waals surface area contributed by atoms with E-state index >= 15 is 0 Å². The first-order chi connectivity index (χ1) is 9.65. The lowest BCUT2D eigenvalue weighted by atomic mass is 10.0. The van der Waals surface area contributed by atoms with E-state index in [1.165, 1.54) is 12.0 Å². The number of allylic oxidation sites excluding steroid dienone is 1. The van der Waals surface area contributed by atoms with E-state index in [2.05, 4.69) is 41.2 Å². The van der Waals surface area contributed by atoms with Crippen LogP contribution in [0.25, 0.3) is 5.57 Å². The van der Waals surface area contributed by atoms with Gasteiger partial charge in [0.1, 0.15) is 16.0 Å². The van der Waals surface area contributed by atoms with E-state index in [1.807, 2.05) is 12.1 Å². The normalized spacial score (nSPS) is 11.6. The summed E-state index contributed by atoms with van der Waals surface area (Å²) >= 11 is 3.53. The third-order valence-electron chi connectivity index (χ3n) is 3.11. The fourth-order valence-electron chi connectivity index (χ4n) is 2.01. The second-order valence-corrected chi connectivity index (χ2v) is 5.38. The molecule has 0 bridgehead atoms. The number of methoxy groups -OCH3 is 2. The Bertz CT molecular complexity index is 458. The maximum absolute atomic E-state index is 5.50. The molecule has 0 unspecified atom stereocenters. The molecule has 1 aromatic rings. The number of hydrogen-bond donors (Lipinski definition) is 1. The summed E-state index contributed by atoms with van der Waals surface area (Å²) in [6.07, 6.45) is 4.42. The average Bonchev–Trinajstić information content (AvgIpc) is 2.46. The lowest BCUT2D eigenvalue weighted by Crippen LogP contribution is -2.15. The molecule has 112 valence electrons. The van der Waals surface area contributed by atoms with Gasteiger partial charge in [-0.05, 0) is 66.5 Å². The van der Waals surface area contributed by atoms with Crippen LogP contribution >= 0.6 is 15.9 Å². The van der Waals surface area contributed by atoms with Gasteiger partial charge in [0.2, 0.25) is 0 Å². The molecule has 0 aliphatic carbocycles. The van der Waals surface area contributed by atoms with E-state index in [0.29, 0.717) is 0 Å². The first kappa shape index (κ1) is 17.1. The van der Waals surface area contributed by atoms with E-state index in [1.54, 1.807) is 14.2 Å². The van der Waals surface area contributed by atoms with Crippen LogP contribution in [0, 0.1) is 0 Å². The van der Waals surface area contributed by atoms with Gasteiger partial charge in [-0.15, -0.1) is 0 Å². The van der Waals surface area contributed by atoms with E-state index in [4.69, 9.17) is 9.47 Å². The van der Waals surface area contributed by atoms with Gasteiger partial charge in [-0.2, -0.15) is 0 Å². The fraction of sp³-hybridized carbons (Fsp3) is 0.500. The predicted molar refractivity (Wildman–Crippen MR) is 88.7 cm³/mol. The Balaban J connectivity index is 2.84. The molecule has 0 spiro atoms. The first-order valence-corrected chi connectivity index (χ1v) is 7.73. The topological polar surface area (TPSA) is 30.5 Å². The van der Waals surface area contributed by atoms with Crippen LogP contribution in [0.15, 0.2) is 22.7 Å². The highest BCUT2D eigenvalue weighted by atomic mass is 79.9. The molecule has 1 rings (SSSR count). The van der Waals surface area contributed by atoms with Gasteiger partial charge in [0.05, 0.1) is 14.2 Å². The molecule has 20 heavy (non-hydrogen) atoms. The summed E-state index contributed by atoms with van der Waals surface area (Å²) in [6, 6.07) is 3.99. The highest BCUT2D eigenvalue weighted by molar-refractivity contribution is 9.10. The number of ether oxygens (including phenoxy) is 2. The summed E-state index contributed by atoms with van der Waals surface area (Å²) in [5.41, 5.74) is 2.30. The van der Waals surface area contributed by atoms with Crippen LogP contribution < -0.4 is 14.8 Å². The monoisotopic (exact) mass is 341 g/mol. The minimum atomic E-state index is 0.781. The molecule has 0 radical (unpaired) electrons. The molecule has 0 aliphatic rings. The van der Waals surface area contributed by atoms with Crippen molar-refractivity contribution in [1.82, 2.24) is 5.32 Å². The van der Waals surface area contributed by atoms with Crippen molar-refractivity contribution in [2.75, 3.05) is 27.3 Å². The van der Waals surface area contributed by atoms with E-state index in [0.717, 1.165) is 41.0 Å². The summed E-state index contributed by atoms with van der Waals surface area (Å²) in [6.45, 7) is 6.36. The maximum atomic E-state index is 5.50. The molecule has 1 aromatic carbocycles. The number of nitrogens with one attached hydrogen (secondary N) is 1. The summed E-state index contributed by atoms with van der Waals surface area (Å²) in [4.78, 5) is 0. The van der Waals surface area contributed by atoms with Crippen molar-refractivity contribution in [1.29, 1.82) is 0 Å². The summed E-state index contributed by atoms with van der Waals surface area (Å²) < 4.78 is 11.7. The molecule has 0 atom stereocenters. The van der Waals surface area contributed by atoms with Crippen LogP contribution in [0.4, 0.5) is 0 Å². The molecule has 0 fully saturated rings. The minimum Gasteiger partial charge on any atom is -0.495 e. The highest BCUT2D eigenvalue weighted by Crippen LogP contribution is 2.39. The maximum Gasteiger partial charge on any atom is 0.144 e. The zero-order valence-corrected chi connectivity index (χ0v) is 14.3. The fourth-order valence-corrected chi connectivity index (χ4v) is 2.68. The molecule has 0 saturated heterocycles. The van der Waals surface area contributed by atoms with Gasteiger partial charge in [0.25, 0.3) is 0 Å². The molecule has 0 aliphatic heterocycles. The Morgan fingerprint density at radius 3 is 2.60 bits per heavy atom. The quantitative estimate of drug-likeness (QED) is 0.716. The Labute approximate surface area is 130 Å². The van der Waals surface area contributed by atoms with Crippen LogP contribution in [0.1, 0.15) is 32.3 Å². The molecular formula is C16H24BrNO2. The van der Waals surface area contributed by atoms with Gasteiger partial charge in [-0.25, -0.2) is 0 Å². The molecular weight excluding hydrogens is 318 g/mol. The summed E-state index contributed by atoms with van der Waals surface area (Å²) in [5, 5.41) is 3.40. The van der Waals surface area contributed by atoms with E-state index in [-0.39, 0.29) is 0 Å². The smallest absolute Gasteiger partial charge is 0.144 e. The van der Waals surface area contributed by atoms with Gasteiger partial charge < -0.3 is 14.8 Å². The van der Waals surface area contributed by atoms with Crippen LogP contribution in [0.3, 0.4) is 0 Å². The average molecular weight is 342 g/mol. The second-order valence-electron chi connectivity index (χ2n) is 4.59. The standard InChI is InChI=1S/C16H24BrNO2/c1-5-10-18-11-6-7-12(2)13-8-9-14(19-3)15(17)16(13)20-4/h7-9,18H,5-6,10-11H2,1-4H3/b12-7-. The SMILES string of the molecule is CCCNCC/C=C(/C)c1ccc(OC)c(Br)c1OC. The summed E-state index contributed by atoms with van der Waals surface area (Å²) in [7, 11) is 3.33. The molecule has 0 heterocycles. The third-order valence-corrected chi connectivity index (χ3v) is 3.86. The molecule has 0 saturated carbocycles. The molecule has 4 heteroatoms. The zero-order valence-electron chi connectivity index (χ0n) is 12.8. The van der Waals surface area contributed by atoms with E-state index < -0.39 is 0 Å². The van der Waals surface area contributed by atoms with Crippen LogP contribution in [-0.2, 0) is 0 Å². The Morgan fingerprint density at radius 2 is 2.00 bits per heavy atom. The Kier molecular flexibility index (Phi) is 7.70. The van der Waals surface area contributed by atoms with Crippen LogP contribution in [0.5, 0.6) is 11.5 Å². The van der Waals surface area contributed by atoms with Crippen molar-refractivity contribution in [3.05, 3.63) is 28.2 Å². The third kappa shape index (κ3) is 4.53. The lowest BCUT2D eigenvalue weighted by molar-refractivity contribution is 0.388. The number of rotatable bonds is 8. The molecule has 0 amide bonds. The van der Waals surface area contributed by atoms with Crippen molar-refractivity contribution in [3.63, 3.8) is 0 Å². The van der Waals surface area contributed by atoms with Crippen LogP contribution in [-0.4, -0.2) is 27.3 Å². The predicted octanol–water partition coefficient (Wildman–Crippen LogP) is 4.26. The Hall–Kier alpha value is -1.00. The zero-order chi connectivity index (χ0) is 15.0.